The van der Waals surface area contributed by atoms with E-state index in [0.717, 1.165) is 16.8 Å². The number of likely N-dealkylation sites (N-methyl/N-ethyl adjacent to an activating group) is 1. The summed E-state index contributed by atoms with van der Waals surface area (Å²) in [7, 11) is 3.58. The Kier molecular flexibility index (Phi) is 4.57. The Labute approximate surface area is 96.4 Å². The van der Waals surface area contributed by atoms with Crippen LogP contribution in [-0.2, 0) is 4.74 Å². The maximum atomic E-state index is 5.69. The maximum absolute atomic E-state index is 5.69. The third-order valence-electron chi connectivity index (χ3n) is 1.69. The van der Waals surface area contributed by atoms with Crippen molar-refractivity contribution in [3.8, 4) is 0 Å². The monoisotopic (exact) mass is 279 g/mol. The van der Waals surface area contributed by atoms with Crippen LogP contribution in [0.15, 0.2) is 10.7 Å². The van der Waals surface area contributed by atoms with Crippen LogP contribution in [0.1, 0.15) is 0 Å². The second kappa shape index (κ2) is 5.48. The van der Waals surface area contributed by atoms with Crippen molar-refractivity contribution < 1.29 is 4.74 Å². The van der Waals surface area contributed by atoms with Gasteiger partial charge in [0.25, 0.3) is 0 Å². The number of ether oxygens (including phenoxy) is 1. The van der Waals surface area contributed by atoms with E-state index in [4.69, 9.17) is 16.3 Å². The zero-order valence-electron chi connectivity index (χ0n) is 8.00. The second-order valence-electron chi connectivity index (χ2n) is 2.72. The SMILES string of the molecule is COCCN(C)c1nc(Cl)ncc1Br. The summed E-state index contributed by atoms with van der Waals surface area (Å²) in [5.41, 5.74) is 0. The van der Waals surface area contributed by atoms with E-state index >= 15 is 0 Å². The molecule has 1 aromatic rings. The molecular formula is C8H11BrClN3O. The highest BCUT2D eigenvalue weighted by Crippen LogP contribution is 2.22. The molecule has 0 amide bonds. The molecule has 0 saturated carbocycles. The van der Waals surface area contributed by atoms with Crippen molar-refractivity contribution in [2.45, 2.75) is 0 Å². The topological polar surface area (TPSA) is 38.2 Å². The Morgan fingerprint density at radius 1 is 1.64 bits per heavy atom. The maximum Gasteiger partial charge on any atom is 0.224 e. The molecule has 0 bridgehead atoms. The van der Waals surface area contributed by atoms with E-state index in [2.05, 4.69) is 25.9 Å². The van der Waals surface area contributed by atoms with E-state index < -0.39 is 0 Å². The fraction of sp³-hybridized carbons (Fsp3) is 0.500. The standard InChI is InChI=1S/C8H11BrClN3O/c1-13(3-4-14-2)7-6(9)5-11-8(10)12-7/h5H,3-4H2,1-2H3. The predicted molar refractivity (Wildman–Crippen MR) is 59.9 cm³/mol. The van der Waals surface area contributed by atoms with Crippen LogP contribution in [-0.4, -0.2) is 37.3 Å². The molecule has 0 aromatic carbocycles. The number of anilines is 1. The van der Waals surface area contributed by atoms with E-state index in [1.54, 1.807) is 13.3 Å². The van der Waals surface area contributed by atoms with E-state index in [-0.39, 0.29) is 5.28 Å². The average Bonchev–Trinajstić information content (AvgIpc) is 2.18. The van der Waals surface area contributed by atoms with Gasteiger partial charge in [0.2, 0.25) is 5.28 Å². The lowest BCUT2D eigenvalue weighted by Gasteiger charge is -2.18. The van der Waals surface area contributed by atoms with Gasteiger partial charge in [0.15, 0.2) is 0 Å². The van der Waals surface area contributed by atoms with Crippen molar-refractivity contribution in [2.75, 3.05) is 32.2 Å². The lowest BCUT2D eigenvalue weighted by Crippen LogP contribution is -2.23. The Morgan fingerprint density at radius 3 is 3.00 bits per heavy atom. The molecule has 4 nitrogen and oxygen atoms in total. The van der Waals surface area contributed by atoms with Crippen LogP contribution in [0.3, 0.4) is 0 Å². The highest BCUT2D eigenvalue weighted by molar-refractivity contribution is 9.10. The van der Waals surface area contributed by atoms with Gasteiger partial charge >= 0.3 is 0 Å². The van der Waals surface area contributed by atoms with Crippen LogP contribution >= 0.6 is 27.5 Å². The zero-order valence-corrected chi connectivity index (χ0v) is 10.3. The first-order valence-electron chi connectivity index (χ1n) is 4.03. The van der Waals surface area contributed by atoms with Crippen LogP contribution in [0.5, 0.6) is 0 Å². The van der Waals surface area contributed by atoms with Crippen LogP contribution in [0.25, 0.3) is 0 Å². The molecular weight excluding hydrogens is 269 g/mol. The van der Waals surface area contributed by atoms with E-state index in [1.807, 2.05) is 11.9 Å². The van der Waals surface area contributed by atoms with Crippen LogP contribution in [0.4, 0.5) is 5.82 Å². The molecule has 0 aliphatic carbocycles. The zero-order chi connectivity index (χ0) is 10.6. The van der Waals surface area contributed by atoms with Gasteiger partial charge in [-0.3, -0.25) is 0 Å². The molecule has 0 aliphatic heterocycles. The minimum Gasteiger partial charge on any atom is -0.383 e. The van der Waals surface area contributed by atoms with Crippen molar-refractivity contribution in [1.82, 2.24) is 9.97 Å². The Balaban J connectivity index is 2.77. The normalized spacial score (nSPS) is 10.3. The molecule has 0 fully saturated rings. The molecule has 6 heteroatoms. The fourth-order valence-corrected chi connectivity index (χ4v) is 1.56. The van der Waals surface area contributed by atoms with Gasteiger partial charge in [-0.05, 0) is 27.5 Å². The van der Waals surface area contributed by atoms with Crippen molar-refractivity contribution in [3.63, 3.8) is 0 Å². The summed E-state index contributed by atoms with van der Waals surface area (Å²) in [6.07, 6.45) is 1.63. The summed E-state index contributed by atoms with van der Waals surface area (Å²) < 4.78 is 5.79. The van der Waals surface area contributed by atoms with Gasteiger partial charge < -0.3 is 9.64 Å². The first kappa shape index (κ1) is 11.7. The second-order valence-corrected chi connectivity index (χ2v) is 3.92. The molecule has 0 spiro atoms. The fourth-order valence-electron chi connectivity index (χ4n) is 0.939. The quantitative estimate of drug-likeness (QED) is 0.791. The number of hydrogen-bond acceptors (Lipinski definition) is 4. The number of rotatable bonds is 4. The number of hydrogen-bond donors (Lipinski definition) is 0. The van der Waals surface area contributed by atoms with E-state index in [1.165, 1.54) is 0 Å². The Bertz CT molecular complexity index is 311. The molecule has 78 valence electrons. The lowest BCUT2D eigenvalue weighted by atomic mass is 10.5. The number of nitrogens with zero attached hydrogens (tertiary/aromatic N) is 3. The van der Waals surface area contributed by atoms with Crippen LogP contribution in [0, 0.1) is 0 Å². The van der Waals surface area contributed by atoms with Gasteiger partial charge in [-0.25, -0.2) is 4.98 Å². The van der Waals surface area contributed by atoms with Crippen molar-refractivity contribution in [1.29, 1.82) is 0 Å². The highest BCUT2D eigenvalue weighted by atomic mass is 79.9. The summed E-state index contributed by atoms with van der Waals surface area (Å²) in [5, 5.41) is 0.243. The van der Waals surface area contributed by atoms with Crippen LogP contribution < -0.4 is 4.90 Å². The molecule has 0 radical (unpaired) electrons. The van der Waals surface area contributed by atoms with Crippen molar-refractivity contribution >= 4 is 33.3 Å². The third kappa shape index (κ3) is 3.08. The van der Waals surface area contributed by atoms with E-state index in [9.17, 15) is 0 Å². The summed E-state index contributed by atoms with van der Waals surface area (Å²) >= 11 is 9.05. The molecule has 0 N–H and O–H groups in total. The van der Waals surface area contributed by atoms with Gasteiger partial charge in [0, 0.05) is 26.9 Å². The average molecular weight is 281 g/mol. The highest BCUT2D eigenvalue weighted by Gasteiger charge is 2.08. The van der Waals surface area contributed by atoms with E-state index in [0.29, 0.717) is 6.61 Å². The van der Waals surface area contributed by atoms with Crippen molar-refractivity contribution in [3.05, 3.63) is 16.0 Å². The first-order chi connectivity index (χ1) is 6.65. The minimum atomic E-state index is 0.243. The van der Waals surface area contributed by atoms with Gasteiger partial charge in [-0.1, -0.05) is 0 Å². The summed E-state index contributed by atoms with van der Waals surface area (Å²) in [4.78, 5) is 9.90. The smallest absolute Gasteiger partial charge is 0.224 e. The van der Waals surface area contributed by atoms with Gasteiger partial charge in [0.1, 0.15) is 5.82 Å². The van der Waals surface area contributed by atoms with Crippen LogP contribution in [0.2, 0.25) is 5.28 Å². The molecule has 0 atom stereocenters. The third-order valence-corrected chi connectivity index (χ3v) is 2.43. The molecule has 1 aromatic heterocycles. The van der Waals surface area contributed by atoms with Crippen molar-refractivity contribution in [2.24, 2.45) is 0 Å². The summed E-state index contributed by atoms with van der Waals surface area (Å²) in [6, 6.07) is 0. The lowest BCUT2D eigenvalue weighted by molar-refractivity contribution is 0.206. The predicted octanol–water partition coefficient (Wildman–Crippen LogP) is 1.98. The molecule has 1 heterocycles. The minimum absolute atomic E-state index is 0.243. The Morgan fingerprint density at radius 2 is 2.36 bits per heavy atom. The Hall–Kier alpha value is -0.390. The number of halogens is 2. The molecule has 0 saturated heterocycles. The number of aromatic nitrogens is 2. The number of methoxy groups -OCH3 is 1. The van der Waals surface area contributed by atoms with Gasteiger partial charge in [0.05, 0.1) is 11.1 Å². The largest absolute Gasteiger partial charge is 0.383 e. The first-order valence-corrected chi connectivity index (χ1v) is 5.20. The molecule has 1 rings (SSSR count). The van der Waals surface area contributed by atoms with Gasteiger partial charge in [-0.2, -0.15) is 4.98 Å². The summed E-state index contributed by atoms with van der Waals surface area (Å²) in [6.45, 7) is 1.40. The van der Waals surface area contributed by atoms with Gasteiger partial charge in [-0.15, -0.1) is 0 Å². The molecule has 14 heavy (non-hydrogen) atoms. The summed E-state index contributed by atoms with van der Waals surface area (Å²) in [5.74, 6) is 0.766. The molecule has 0 aliphatic rings. The molecule has 0 unspecified atom stereocenters.